The van der Waals surface area contributed by atoms with Crippen molar-refractivity contribution in [3.8, 4) is 0 Å². The van der Waals surface area contributed by atoms with Crippen molar-refractivity contribution >= 4 is 17.5 Å². The Balaban J connectivity index is 2.36. The van der Waals surface area contributed by atoms with E-state index in [1.165, 1.54) is 19.3 Å². The lowest BCUT2D eigenvalue weighted by Crippen LogP contribution is -2.41. The number of hydrogen-bond donors (Lipinski definition) is 0. The van der Waals surface area contributed by atoms with Crippen molar-refractivity contribution in [2.45, 2.75) is 6.42 Å². The average Bonchev–Trinajstić information content (AvgIpc) is 2.32. The van der Waals surface area contributed by atoms with Crippen LogP contribution in [0.3, 0.4) is 0 Å². The molecular weight excluding hydrogens is 208 g/mol. The third kappa shape index (κ3) is 1.60. The molecule has 2 aliphatic carbocycles. The molecule has 0 saturated heterocycles. The van der Waals surface area contributed by atoms with Crippen molar-refractivity contribution in [1.82, 2.24) is 0 Å². The van der Waals surface area contributed by atoms with E-state index in [9.17, 15) is 14.4 Å². The summed E-state index contributed by atoms with van der Waals surface area (Å²) in [5.74, 6) is -2.29. The molecule has 3 atom stereocenters. The molecule has 2 aliphatic rings. The van der Waals surface area contributed by atoms with Crippen LogP contribution in [0.15, 0.2) is 24.3 Å². The molecule has 0 unspecified atom stereocenters. The molecular formula is C12H12O4. The number of rotatable bonds is 1. The van der Waals surface area contributed by atoms with E-state index >= 15 is 0 Å². The Bertz CT molecular complexity index is 405. The Labute approximate surface area is 93.0 Å². The van der Waals surface area contributed by atoms with Crippen molar-refractivity contribution in [2.75, 3.05) is 7.11 Å². The van der Waals surface area contributed by atoms with Crippen molar-refractivity contribution in [3.05, 3.63) is 24.3 Å². The molecule has 16 heavy (non-hydrogen) atoms. The highest BCUT2D eigenvalue weighted by atomic mass is 16.5. The van der Waals surface area contributed by atoms with Crippen LogP contribution >= 0.6 is 0 Å². The smallest absolute Gasteiger partial charge is 0.313 e. The second kappa shape index (κ2) is 4.04. The first kappa shape index (κ1) is 10.8. The number of allylic oxidation sites excluding steroid dienone is 3. The molecule has 0 aromatic rings. The average molecular weight is 220 g/mol. The van der Waals surface area contributed by atoms with Crippen LogP contribution in [0.25, 0.3) is 0 Å². The van der Waals surface area contributed by atoms with Crippen LogP contribution < -0.4 is 0 Å². The number of carbonyl (C=O) groups is 3. The van der Waals surface area contributed by atoms with Crippen molar-refractivity contribution < 1.29 is 19.1 Å². The molecule has 0 fully saturated rings. The van der Waals surface area contributed by atoms with Gasteiger partial charge in [-0.25, -0.2) is 0 Å². The molecule has 0 amide bonds. The van der Waals surface area contributed by atoms with Gasteiger partial charge >= 0.3 is 5.97 Å². The Morgan fingerprint density at radius 1 is 1.31 bits per heavy atom. The Morgan fingerprint density at radius 3 is 2.69 bits per heavy atom. The molecule has 0 heterocycles. The van der Waals surface area contributed by atoms with Gasteiger partial charge in [-0.1, -0.05) is 12.2 Å². The zero-order valence-electron chi connectivity index (χ0n) is 8.88. The van der Waals surface area contributed by atoms with Gasteiger partial charge in [0.1, 0.15) is 0 Å². The molecule has 4 nitrogen and oxygen atoms in total. The van der Waals surface area contributed by atoms with Gasteiger partial charge in [0, 0.05) is 11.8 Å². The lowest BCUT2D eigenvalue weighted by molar-refractivity contribution is -0.149. The number of ketones is 2. The molecule has 84 valence electrons. The standard InChI is InChI=1S/C12H12O4/c1-16-12(15)8-4-2-3-7-9(13)5-6-10(14)11(7)8/h2,4-8,11H,3H2,1H3/t7-,8-,11+/m1/s1. The van der Waals surface area contributed by atoms with Gasteiger partial charge in [0.25, 0.3) is 0 Å². The minimum Gasteiger partial charge on any atom is -0.469 e. The fraction of sp³-hybridized carbons (Fsp3) is 0.417. The normalized spacial score (nSPS) is 32.4. The highest BCUT2D eigenvalue weighted by Crippen LogP contribution is 2.35. The molecule has 2 rings (SSSR count). The third-order valence-electron chi connectivity index (χ3n) is 3.13. The second-order valence-corrected chi connectivity index (χ2v) is 3.98. The van der Waals surface area contributed by atoms with Gasteiger partial charge in [0.2, 0.25) is 0 Å². The van der Waals surface area contributed by atoms with E-state index in [1.807, 2.05) is 0 Å². The van der Waals surface area contributed by atoms with Crippen LogP contribution in [0.1, 0.15) is 6.42 Å². The summed E-state index contributed by atoms with van der Waals surface area (Å²) in [6.45, 7) is 0. The Kier molecular flexibility index (Phi) is 2.73. The molecule has 0 N–H and O–H groups in total. The fourth-order valence-corrected chi connectivity index (χ4v) is 2.32. The summed E-state index contributed by atoms with van der Waals surface area (Å²) in [5, 5.41) is 0. The molecule has 0 spiro atoms. The van der Waals surface area contributed by atoms with E-state index in [1.54, 1.807) is 12.2 Å². The van der Waals surface area contributed by atoms with Crippen LogP contribution in [-0.4, -0.2) is 24.6 Å². The van der Waals surface area contributed by atoms with Gasteiger partial charge in [-0.15, -0.1) is 0 Å². The van der Waals surface area contributed by atoms with Crippen LogP contribution in [-0.2, 0) is 19.1 Å². The van der Waals surface area contributed by atoms with Gasteiger partial charge in [0.05, 0.1) is 13.0 Å². The summed E-state index contributed by atoms with van der Waals surface area (Å²) >= 11 is 0. The van der Waals surface area contributed by atoms with Crippen LogP contribution in [0.4, 0.5) is 0 Å². The molecule has 0 aliphatic heterocycles. The first-order chi connectivity index (χ1) is 7.65. The lowest BCUT2D eigenvalue weighted by atomic mass is 9.69. The number of ether oxygens (including phenoxy) is 1. The van der Waals surface area contributed by atoms with E-state index in [0.717, 1.165) is 0 Å². The lowest BCUT2D eigenvalue weighted by Gasteiger charge is -2.32. The Hall–Kier alpha value is -1.71. The minimum atomic E-state index is -0.620. The fourth-order valence-electron chi connectivity index (χ4n) is 2.32. The maximum Gasteiger partial charge on any atom is 0.313 e. The highest BCUT2D eigenvalue weighted by molar-refractivity contribution is 6.09. The molecule has 0 aromatic carbocycles. The number of methoxy groups -OCH3 is 1. The van der Waals surface area contributed by atoms with Crippen molar-refractivity contribution in [2.24, 2.45) is 17.8 Å². The maximum absolute atomic E-state index is 11.7. The predicted molar refractivity (Wildman–Crippen MR) is 55.4 cm³/mol. The minimum absolute atomic E-state index is 0.0807. The van der Waals surface area contributed by atoms with Crippen LogP contribution in [0.2, 0.25) is 0 Å². The Morgan fingerprint density at radius 2 is 2.00 bits per heavy atom. The van der Waals surface area contributed by atoms with Gasteiger partial charge in [-0.2, -0.15) is 0 Å². The van der Waals surface area contributed by atoms with Crippen molar-refractivity contribution in [3.63, 3.8) is 0 Å². The van der Waals surface area contributed by atoms with Crippen LogP contribution in [0, 0.1) is 17.8 Å². The van der Waals surface area contributed by atoms with Gasteiger partial charge in [-0.05, 0) is 18.6 Å². The van der Waals surface area contributed by atoms with E-state index in [4.69, 9.17) is 0 Å². The summed E-state index contributed by atoms with van der Waals surface area (Å²) in [6.07, 6.45) is 6.52. The molecule has 4 heteroatoms. The zero-order chi connectivity index (χ0) is 11.7. The molecule has 0 aromatic heterocycles. The summed E-state index contributed by atoms with van der Waals surface area (Å²) in [6, 6.07) is 0. The SMILES string of the molecule is COC(=O)[C@@H]1C=CC[C@@H]2C(=O)C=CC(=O)[C@@H]21. The summed E-state index contributed by atoms with van der Waals surface area (Å²) in [4.78, 5) is 34.8. The van der Waals surface area contributed by atoms with Gasteiger partial charge < -0.3 is 4.74 Å². The van der Waals surface area contributed by atoms with Gasteiger partial charge in [0.15, 0.2) is 11.6 Å². The first-order valence-electron chi connectivity index (χ1n) is 5.15. The molecule has 0 radical (unpaired) electrons. The monoisotopic (exact) mass is 220 g/mol. The number of hydrogen-bond acceptors (Lipinski definition) is 4. The number of carbonyl (C=O) groups excluding carboxylic acids is 3. The largest absolute Gasteiger partial charge is 0.469 e. The highest BCUT2D eigenvalue weighted by Gasteiger charge is 2.43. The summed E-state index contributed by atoms with van der Waals surface area (Å²) in [7, 11) is 1.28. The van der Waals surface area contributed by atoms with E-state index in [2.05, 4.69) is 4.74 Å². The van der Waals surface area contributed by atoms with E-state index < -0.39 is 23.7 Å². The second-order valence-electron chi connectivity index (χ2n) is 3.98. The zero-order valence-corrected chi connectivity index (χ0v) is 8.88. The van der Waals surface area contributed by atoms with Crippen molar-refractivity contribution in [1.29, 1.82) is 0 Å². The van der Waals surface area contributed by atoms with E-state index in [0.29, 0.717) is 6.42 Å². The van der Waals surface area contributed by atoms with E-state index in [-0.39, 0.29) is 11.6 Å². The topological polar surface area (TPSA) is 60.4 Å². The summed E-state index contributed by atoms with van der Waals surface area (Å²) in [5.41, 5.74) is 0. The predicted octanol–water partition coefficient (Wildman–Crippen LogP) is 0.676. The summed E-state index contributed by atoms with van der Waals surface area (Å²) < 4.78 is 4.64. The molecule has 0 bridgehead atoms. The van der Waals surface area contributed by atoms with Gasteiger partial charge in [-0.3, -0.25) is 14.4 Å². The van der Waals surface area contributed by atoms with Crippen LogP contribution in [0.5, 0.6) is 0 Å². The first-order valence-corrected chi connectivity index (χ1v) is 5.15. The third-order valence-corrected chi connectivity index (χ3v) is 3.13. The maximum atomic E-state index is 11.7. The molecule has 0 saturated carbocycles. The number of esters is 1. The quantitative estimate of drug-likeness (QED) is 0.481. The number of fused-ring (bicyclic) bond motifs is 1.